The Balaban J connectivity index is 0.000000732. The summed E-state index contributed by atoms with van der Waals surface area (Å²) in [4.78, 5) is 14.5. The number of benzene rings is 3. The molecule has 3 aromatic carbocycles. The lowest BCUT2D eigenvalue weighted by Crippen LogP contribution is -2.05. The quantitative estimate of drug-likeness (QED) is 0.182. The molecule has 0 radical (unpaired) electrons. The smallest absolute Gasteiger partial charge is 0.171 e. The van der Waals surface area contributed by atoms with Gasteiger partial charge in [0.2, 0.25) is 0 Å². The fourth-order valence-electron chi connectivity index (χ4n) is 4.55. The minimum absolute atomic E-state index is 0.0122. The van der Waals surface area contributed by atoms with E-state index in [1.54, 1.807) is 6.07 Å². The number of rotatable bonds is 11. The molecule has 4 aromatic rings. The summed E-state index contributed by atoms with van der Waals surface area (Å²) in [6.45, 7) is 11.4. The van der Waals surface area contributed by atoms with Gasteiger partial charge in [-0.05, 0) is 50.7 Å². The fraction of sp³-hybridized carbons (Fsp3) is 0.400. The van der Waals surface area contributed by atoms with Crippen LogP contribution in [0.25, 0.3) is 34.2 Å². The molecule has 1 aliphatic rings. The minimum Gasteiger partial charge on any atom is -0.507 e. The van der Waals surface area contributed by atoms with E-state index in [1.807, 2.05) is 68.4 Å². The summed E-state index contributed by atoms with van der Waals surface area (Å²) in [5, 5.41) is 11.2. The Labute approximate surface area is 250 Å². The van der Waals surface area contributed by atoms with Crippen molar-refractivity contribution in [3.8, 4) is 51.4 Å². The monoisotopic (exact) mass is 569 g/mol. The van der Waals surface area contributed by atoms with E-state index in [0.717, 1.165) is 61.2 Å². The van der Waals surface area contributed by atoms with Crippen LogP contribution in [0.5, 0.6) is 17.2 Å². The lowest BCUT2D eigenvalue weighted by Gasteiger charge is -2.16. The zero-order valence-corrected chi connectivity index (χ0v) is 25.4. The van der Waals surface area contributed by atoms with Gasteiger partial charge in [-0.2, -0.15) is 0 Å². The highest BCUT2D eigenvalue weighted by Gasteiger charge is 2.21. The Bertz CT molecular complexity index is 1360. The molecule has 1 fully saturated rings. The largest absolute Gasteiger partial charge is 0.507 e. The van der Waals surface area contributed by atoms with Crippen LogP contribution in [0.1, 0.15) is 63.5 Å². The van der Waals surface area contributed by atoms with E-state index in [4.69, 9.17) is 29.2 Å². The number of hydrogen-bond acceptors (Lipinski definition) is 7. The molecule has 0 unspecified atom stereocenters. The first-order valence-corrected chi connectivity index (χ1v) is 15.1. The predicted molar refractivity (Wildman–Crippen MR) is 168 cm³/mol. The second-order valence-electron chi connectivity index (χ2n) is 10.5. The number of aromatic hydroxyl groups is 1. The van der Waals surface area contributed by atoms with Crippen molar-refractivity contribution in [2.24, 2.45) is 0 Å². The van der Waals surface area contributed by atoms with Gasteiger partial charge in [-0.1, -0.05) is 75.2 Å². The van der Waals surface area contributed by atoms with E-state index in [9.17, 15) is 5.11 Å². The average molecular weight is 570 g/mol. The standard InChI is InChI=1S/C31H35N3O3.C4H8O/c1-5-7-17-36-23-19-26(35)28(27(20-23)37-18-8-6-2)31-33-29(24-15-11-9-13-21(24)3)32-30(34-31)25-16-12-10-14-22(25)4;1-2-4-5-3-1/h9-16,19-20,35H,5-8,17-18H2,1-4H3;1-4H2. The van der Waals surface area contributed by atoms with Gasteiger partial charge < -0.3 is 19.3 Å². The predicted octanol–water partition coefficient (Wildman–Crippen LogP) is 8.35. The molecule has 1 N–H and O–H groups in total. The van der Waals surface area contributed by atoms with Crippen LogP contribution in [0.3, 0.4) is 0 Å². The summed E-state index contributed by atoms with van der Waals surface area (Å²) in [5.41, 5.74) is 4.37. The molecule has 0 saturated carbocycles. The highest BCUT2D eigenvalue weighted by molar-refractivity contribution is 5.76. The van der Waals surface area contributed by atoms with Crippen molar-refractivity contribution in [2.45, 2.75) is 66.2 Å². The molecule has 7 heteroatoms. The van der Waals surface area contributed by atoms with Crippen molar-refractivity contribution in [2.75, 3.05) is 26.4 Å². The Morgan fingerprint density at radius 2 is 1.24 bits per heavy atom. The maximum absolute atomic E-state index is 11.2. The van der Waals surface area contributed by atoms with E-state index >= 15 is 0 Å². The number of ether oxygens (including phenoxy) is 3. The van der Waals surface area contributed by atoms with E-state index < -0.39 is 0 Å². The van der Waals surface area contributed by atoms with Gasteiger partial charge in [0.05, 0.1) is 13.2 Å². The van der Waals surface area contributed by atoms with E-state index in [2.05, 4.69) is 13.8 Å². The zero-order chi connectivity index (χ0) is 29.7. The maximum atomic E-state index is 11.2. The molecule has 0 amide bonds. The number of phenolic OH excluding ortho intramolecular Hbond substituents is 1. The van der Waals surface area contributed by atoms with Crippen molar-refractivity contribution in [3.05, 3.63) is 71.8 Å². The first-order valence-electron chi connectivity index (χ1n) is 15.1. The molecule has 0 atom stereocenters. The molecule has 0 bridgehead atoms. The number of aryl methyl sites for hydroxylation is 2. The Kier molecular flexibility index (Phi) is 11.7. The summed E-state index contributed by atoms with van der Waals surface area (Å²) in [6.07, 6.45) is 6.40. The molecule has 42 heavy (non-hydrogen) atoms. The van der Waals surface area contributed by atoms with Gasteiger partial charge >= 0.3 is 0 Å². The molecule has 0 spiro atoms. The van der Waals surface area contributed by atoms with Gasteiger partial charge in [0, 0.05) is 36.5 Å². The second kappa shape index (κ2) is 15.9. The topological polar surface area (TPSA) is 86.6 Å². The number of unbranched alkanes of at least 4 members (excludes halogenated alkanes) is 2. The third kappa shape index (κ3) is 8.29. The van der Waals surface area contributed by atoms with Crippen LogP contribution in [-0.4, -0.2) is 46.5 Å². The molecule has 222 valence electrons. The number of phenols is 1. The minimum atomic E-state index is 0.0122. The summed E-state index contributed by atoms with van der Waals surface area (Å²) >= 11 is 0. The van der Waals surface area contributed by atoms with Crippen molar-refractivity contribution in [3.63, 3.8) is 0 Å². The Hall–Kier alpha value is -3.97. The van der Waals surface area contributed by atoms with E-state index in [-0.39, 0.29) is 5.75 Å². The molecule has 1 aliphatic heterocycles. The highest BCUT2D eigenvalue weighted by atomic mass is 16.5. The molecule has 2 heterocycles. The first kappa shape index (κ1) is 31.0. The van der Waals surface area contributed by atoms with Crippen molar-refractivity contribution >= 4 is 0 Å². The summed E-state index contributed by atoms with van der Waals surface area (Å²) in [6, 6.07) is 19.4. The van der Waals surface area contributed by atoms with Crippen molar-refractivity contribution in [1.82, 2.24) is 15.0 Å². The van der Waals surface area contributed by atoms with Crippen LogP contribution in [0.15, 0.2) is 60.7 Å². The fourth-order valence-corrected chi connectivity index (χ4v) is 4.55. The van der Waals surface area contributed by atoms with Crippen molar-refractivity contribution < 1.29 is 19.3 Å². The van der Waals surface area contributed by atoms with Crippen LogP contribution in [0, 0.1) is 13.8 Å². The summed E-state index contributed by atoms with van der Waals surface area (Å²) < 4.78 is 17.0. The third-order valence-electron chi connectivity index (χ3n) is 7.04. The van der Waals surface area contributed by atoms with Gasteiger partial charge in [-0.25, -0.2) is 15.0 Å². The van der Waals surface area contributed by atoms with Crippen LogP contribution in [0.4, 0.5) is 0 Å². The van der Waals surface area contributed by atoms with Crippen molar-refractivity contribution in [1.29, 1.82) is 0 Å². The third-order valence-corrected chi connectivity index (χ3v) is 7.04. The first-order chi connectivity index (χ1) is 20.5. The number of aromatic nitrogens is 3. The average Bonchev–Trinajstić information content (AvgIpc) is 3.58. The van der Waals surface area contributed by atoms with Gasteiger partial charge in [0.15, 0.2) is 17.5 Å². The lowest BCUT2D eigenvalue weighted by molar-refractivity contribution is 0.198. The molecule has 0 aliphatic carbocycles. The molecule has 1 aromatic heterocycles. The molecular weight excluding hydrogens is 526 g/mol. The van der Waals surface area contributed by atoms with E-state index in [1.165, 1.54) is 12.8 Å². The van der Waals surface area contributed by atoms with Gasteiger partial charge in [-0.3, -0.25) is 0 Å². The van der Waals surface area contributed by atoms with Gasteiger partial charge in [0.25, 0.3) is 0 Å². The molecule has 7 nitrogen and oxygen atoms in total. The SMILES string of the molecule is C1CCOC1.CCCCOc1cc(O)c(-c2nc(-c3ccccc3C)nc(-c3ccccc3C)n2)c(OCCCC)c1. The zero-order valence-electron chi connectivity index (χ0n) is 25.4. The van der Waals surface area contributed by atoms with Crippen LogP contribution < -0.4 is 9.47 Å². The van der Waals surface area contributed by atoms with Gasteiger partial charge in [-0.15, -0.1) is 0 Å². The maximum Gasteiger partial charge on any atom is 0.171 e. The van der Waals surface area contributed by atoms with Crippen LogP contribution >= 0.6 is 0 Å². The van der Waals surface area contributed by atoms with Gasteiger partial charge in [0.1, 0.15) is 22.8 Å². The Morgan fingerprint density at radius 1 is 0.714 bits per heavy atom. The second-order valence-corrected chi connectivity index (χ2v) is 10.5. The summed E-state index contributed by atoms with van der Waals surface area (Å²) in [5.74, 6) is 2.52. The Morgan fingerprint density at radius 3 is 1.74 bits per heavy atom. The normalized spacial score (nSPS) is 12.5. The van der Waals surface area contributed by atoms with E-state index in [0.29, 0.717) is 47.7 Å². The van der Waals surface area contributed by atoms with Crippen LogP contribution in [-0.2, 0) is 4.74 Å². The summed E-state index contributed by atoms with van der Waals surface area (Å²) in [7, 11) is 0. The highest BCUT2D eigenvalue weighted by Crippen LogP contribution is 2.41. The molecule has 5 rings (SSSR count). The number of hydrogen-bond donors (Lipinski definition) is 1. The number of nitrogens with zero attached hydrogens (tertiary/aromatic N) is 3. The molecule has 1 saturated heterocycles. The van der Waals surface area contributed by atoms with Crippen LogP contribution in [0.2, 0.25) is 0 Å². The lowest BCUT2D eigenvalue weighted by atomic mass is 10.1. The molecular formula is C35H43N3O4.